The Morgan fingerprint density at radius 1 is 1.22 bits per heavy atom. The lowest BCUT2D eigenvalue weighted by molar-refractivity contribution is -0.119. The first kappa shape index (κ1) is 22.7. The molecule has 0 unspecified atom stereocenters. The van der Waals surface area contributed by atoms with Crippen molar-refractivity contribution in [3.05, 3.63) is 82.4 Å². The summed E-state index contributed by atoms with van der Waals surface area (Å²) in [6.45, 7) is 1.61. The Morgan fingerprint density at radius 2 is 2.03 bits per heavy atom. The topological polar surface area (TPSA) is 157 Å². The van der Waals surface area contributed by atoms with Gasteiger partial charge in [0.25, 0.3) is 0 Å². The van der Waals surface area contributed by atoms with Crippen LogP contribution in [0.15, 0.2) is 49.1 Å². The molecule has 0 radical (unpaired) electrons. The maximum atomic E-state index is 14.3. The van der Waals surface area contributed by atoms with Crippen LogP contribution in [0.2, 0.25) is 5.02 Å². The van der Waals surface area contributed by atoms with Gasteiger partial charge in [-0.1, -0.05) is 29.8 Å². The van der Waals surface area contributed by atoms with Crippen LogP contribution in [0.25, 0.3) is 17.2 Å². The van der Waals surface area contributed by atoms with E-state index in [4.69, 9.17) is 17.3 Å². The average Bonchev–Trinajstić information content (AvgIpc) is 3.45. The second kappa shape index (κ2) is 8.17. The van der Waals surface area contributed by atoms with Crippen LogP contribution in [0.5, 0.6) is 5.75 Å². The van der Waals surface area contributed by atoms with Gasteiger partial charge in [-0.3, -0.25) is 9.78 Å². The summed E-state index contributed by atoms with van der Waals surface area (Å²) in [5, 5.41) is 17.0. The van der Waals surface area contributed by atoms with Crippen molar-refractivity contribution in [1.82, 2.24) is 34.5 Å². The predicted molar refractivity (Wildman–Crippen MR) is 131 cm³/mol. The third-order valence-electron chi connectivity index (χ3n) is 6.35. The van der Waals surface area contributed by atoms with Crippen molar-refractivity contribution >= 4 is 34.8 Å². The van der Waals surface area contributed by atoms with Gasteiger partial charge >= 0.3 is 0 Å². The highest BCUT2D eigenvalue weighted by molar-refractivity contribution is 6.31. The molecule has 6 rings (SSSR count). The number of hydrogen-bond donors (Lipinski definition) is 3. The second-order valence-electron chi connectivity index (χ2n) is 8.63. The minimum absolute atomic E-state index is 0.0215. The number of hydrogen-bond acceptors (Lipinski definition) is 9. The van der Waals surface area contributed by atoms with Crippen LogP contribution < -0.4 is 11.1 Å². The lowest BCUT2D eigenvalue weighted by atomic mass is 9.80. The zero-order chi connectivity index (χ0) is 25.9. The minimum Gasteiger partial charge on any atom is -0.506 e. The Bertz CT molecular complexity index is 1740. The predicted octanol–water partition coefficient (Wildman–Crippen LogP) is 2.91. The average molecular weight is 518 g/mol. The number of fused-ring (bicyclic) bond motifs is 2. The van der Waals surface area contributed by atoms with Gasteiger partial charge in [0.15, 0.2) is 11.5 Å². The van der Waals surface area contributed by atoms with Crippen molar-refractivity contribution in [3.63, 3.8) is 0 Å². The van der Waals surface area contributed by atoms with E-state index in [9.17, 15) is 14.3 Å². The van der Waals surface area contributed by atoms with Crippen molar-refractivity contribution in [1.29, 1.82) is 0 Å². The molecule has 184 valence electrons. The molecule has 5 heterocycles. The molecule has 4 aromatic heterocycles. The van der Waals surface area contributed by atoms with Gasteiger partial charge in [-0.15, -0.1) is 0 Å². The fourth-order valence-corrected chi connectivity index (χ4v) is 4.51. The minimum atomic E-state index is -1.38. The second-order valence-corrected chi connectivity index (χ2v) is 9.03. The number of rotatable bonds is 4. The summed E-state index contributed by atoms with van der Waals surface area (Å²) < 4.78 is 15.8. The first-order valence-electron chi connectivity index (χ1n) is 11.0. The number of anilines is 2. The number of carbonyl (C=O) groups is 1. The van der Waals surface area contributed by atoms with Gasteiger partial charge < -0.3 is 16.2 Å². The van der Waals surface area contributed by atoms with E-state index in [2.05, 4.69) is 35.3 Å². The molecule has 0 saturated heterocycles. The quantitative estimate of drug-likeness (QED) is 0.326. The van der Waals surface area contributed by atoms with Crippen molar-refractivity contribution in [2.45, 2.75) is 18.8 Å². The van der Waals surface area contributed by atoms with E-state index in [0.29, 0.717) is 28.2 Å². The zero-order valence-electron chi connectivity index (χ0n) is 19.1. The molecule has 5 aromatic rings. The Kier molecular flexibility index (Phi) is 5.02. The maximum Gasteiger partial charge on any atom is 0.242 e. The number of aromatic hydroxyl groups is 1. The lowest BCUT2D eigenvalue weighted by Crippen LogP contribution is -2.33. The van der Waals surface area contributed by atoms with Crippen molar-refractivity contribution in [2.75, 3.05) is 11.1 Å². The standard InChI is InChI=1S/C24H17ClFN9O2/c1-24(17-7-16(36)12(25)8-28-17)18-19(27)32-20(33-21(18)34-23(24)37)15-9-35-22(29-10-30-35)14(31-15)6-11-4-2-3-5-13(11)26/h2-5,7-10H,6H2,1H3,(H,28,36)(H3,27,32,33,34,37)/t24-/m0/s1. The van der Waals surface area contributed by atoms with E-state index in [0.717, 1.165) is 0 Å². The molecule has 1 aromatic carbocycles. The highest BCUT2D eigenvalue weighted by Gasteiger charge is 2.49. The summed E-state index contributed by atoms with van der Waals surface area (Å²) in [6.07, 6.45) is 4.35. The number of nitrogens with zero attached hydrogens (tertiary/aromatic N) is 7. The summed E-state index contributed by atoms with van der Waals surface area (Å²) >= 11 is 5.89. The van der Waals surface area contributed by atoms with E-state index >= 15 is 0 Å². The molecular weight excluding hydrogens is 501 g/mol. The zero-order valence-corrected chi connectivity index (χ0v) is 19.9. The number of benzene rings is 1. The number of amides is 1. The number of nitrogens with one attached hydrogen (secondary N) is 1. The molecule has 4 N–H and O–H groups in total. The molecule has 0 fully saturated rings. The van der Waals surface area contributed by atoms with Crippen LogP contribution in [0.1, 0.15) is 29.4 Å². The van der Waals surface area contributed by atoms with Gasteiger partial charge in [-0.25, -0.2) is 28.8 Å². The van der Waals surface area contributed by atoms with Crippen LogP contribution in [0, 0.1) is 5.82 Å². The normalized spacial score (nSPS) is 16.7. The van der Waals surface area contributed by atoms with E-state index < -0.39 is 11.3 Å². The number of nitrogens with two attached hydrogens (primary N) is 1. The van der Waals surface area contributed by atoms with Crippen LogP contribution in [-0.4, -0.2) is 45.5 Å². The first-order chi connectivity index (χ1) is 17.8. The smallest absolute Gasteiger partial charge is 0.242 e. The van der Waals surface area contributed by atoms with Gasteiger partial charge in [0, 0.05) is 18.7 Å². The van der Waals surface area contributed by atoms with Gasteiger partial charge in [-0.2, -0.15) is 5.10 Å². The summed E-state index contributed by atoms with van der Waals surface area (Å²) in [5.74, 6) is -0.711. The van der Waals surface area contributed by atoms with Gasteiger partial charge in [0.2, 0.25) is 5.91 Å². The van der Waals surface area contributed by atoms with Crippen molar-refractivity contribution in [2.24, 2.45) is 0 Å². The Hall–Kier alpha value is -4.71. The molecule has 37 heavy (non-hydrogen) atoms. The molecule has 0 bridgehead atoms. The summed E-state index contributed by atoms with van der Waals surface area (Å²) in [6, 6.07) is 7.69. The van der Waals surface area contributed by atoms with Crippen LogP contribution >= 0.6 is 11.6 Å². The van der Waals surface area contributed by atoms with Crippen LogP contribution in [0.3, 0.4) is 0 Å². The fourth-order valence-electron chi connectivity index (χ4n) is 4.41. The third-order valence-corrected chi connectivity index (χ3v) is 6.64. The molecule has 0 spiro atoms. The molecule has 1 amide bonds. The highest BCUT2D eigenvalue weighted by atomic mass is 35.5. The summed E-state index contributed by atoms with van der Waals surface area (Å²) in [5.41, 5.74) is 7.16. The molecule has 1 aliphatic rings. The molecule has 1 aliphatic heterocycles. The molecule has 1 atom stereocenters. The highest BCUT2D eigenvalue weighted by Crippen LogP contribution is 2.45. The van der Waals surface area contributed by atoms with Crippen LogP contribution in [0.4, 0.5) is 16.0 Å². The van der Waals surface area contributed by atoms with Crippen LogP contribution in [-0.2, 0) is 16.6 Å². The van der Waals surface area contributed by atoms with Crippen molar-refractivity contribution in [3.8, 4) is 17.3 Å². The Balaban J connectivity index is 1.47. The molecule has 11 nitrogen and oxygen atoms in total. The summed E-state index contributed by atoms with van der Waals surface area (Å²) in [7, 11) is 0. The largest absolute Gasteiger partial charge is 0.506 e. The van der Waals surface area contributed by atoms with Gasteiger partial charge in [0.05, 0.1) is 23.1 Å². The fraction of sp³-hybridized carbons (Fsp3) is 0.125. The number of carbonyl (C=O) groups excluding carboxylic acids is 1. The van der Waals surface area contributed by atoms with Gasteiger partial charge in [-0.05, 0) is 18.6 Å². The van der Waals surface area contributed by atoms with E-state index in [1.54, 1.807) is 31.3 Å². The molecule has 13 heteroatoms. The third kappa shape index (κ3) is 3.52. The number of halogens is 2. The summed E-state index contributed by atoms with van der Waals surface area (Å²) in [4.78, 5) is 35.2. The molecular formula is C24H17ClFN9O2. The Labute approximate surface area is 213 Å². The van der Waals surface area contributed by atoms with E-state index in [1.165, 1.54) is 29.2 Å². The number of nitrogen functional groups attached to an aromatic ring is 1. The lowest BCUT2D eigenvalue weighted by Gasteiger charge is -2.22. The molecule has 0 saturated carbocycles. The van der Waals surface area contributed by atoms with E-state index in [1.807, 2.05) is 0 Å². The number of aromatic nitrogens is 7. The Morgan fingerprint density at radius 3 is 2.81 bits per heavy atom. The number of pyridine rings is 1. The van der Waals surface area contributed by atoms with Gasteiger partial charge in [0.1, 0.15) is 45.7 Å². The van der Waals surface area contributed by atoms with Crippen molar-refractivity contribution < 1.29 is 14.3 Å². The maximum absolute atomic E-state index is 14.3. The van der Waals surface area contributed by atoms with E-state index in [-0.39, 0.29) is 46.2 Å². The monoisotopic (exact) mass is 517 g/mol. The molecule has 0 aliphatic carbocycles. The SMILES string of the molecule is C[C@@]1(c2cc(O)c(Cl)cn2)C(=O)Nc2nc(-c3cn4ncnc4c(Cc4ccccc4F)n3)nc(N)c21. The first-order valence-corrected chi connectivity index (χ1v) is 11.4.